The number of alkyl halides is 3. The van der Waals surface area contributed by atoms with E-state index >= 15 is 0 Å². The smallest absolute Gasteiger partial charge is 0.137 e. The van der Waals surface area contributed by atoms with Crippen molar-refractivity contribution in [2.24, 2.45) is 0 Å². The van der Waals surface area contributed by atoms with E-state index in [1.165, 1.54) is 11.8 Å². The van der Waals surface area contributed by atoms with Crippen molar-refractivity contribution in [1.29, 1.82) is 0 Å². The summed E-state index contributed by atoms with van der Waals surface area (Å²) in [4.78, 5) is 0. The molecule has 0 saturated heterocycles. The van der Waals surface area contributed by atoms with Gasteiger partial charge in [-0.25, -0.2) is 8.78 Å². The van der Waals surface area contributed by atoms with Crippen LogP contribution < -0.4 is 0 Å². The monoisotopic (exact) mass is 220 g/mol. The van der Waals surface area contributed by atoms with E-state index in [-0.39, 0.29) is 11.1 Å². The van der Waals surface area contributed by atoms with Crippen LogP contribution in [0.3, 0.4) is 0 Å². The third-order valence-electron chi connectivity index (χ3n) is 0.963. The van der Waals surface area contributed by atoms with Gasteiger partial charge in [0, 0.05) is 17.3 Å². The molecular weight excluding hydrogens is 210 g/mol. The molecule has 0 N–H and O–H groups in total. The average Bonchev–Trinajstić information content (AvgIpc) is 2.04. The molecule has 11 heavy (non-hydrogen) atoms. The van der Waals surface area contributed by atoms with Crippen LogP contribution >= 0.6 is 36.0 Å². The SMILES string of the molecule is FCC(F)CSCC(Cl)CS. The highest BCUT2D eigenvalue weighted by Crippen LogP contribution is 2.12. The largest absolute Gasteiger partial charge is 0.248 e. The van der Waals surface area contributed by atoms with E-state index in [9.17, 15) is 8.78 Å². The quantitative estimate of drug-likeness (QED) is 0.530. The topological polar surface area (TPSA) is 0 Å². The minimum Gasteiger partial charge on any atom is -0.248 e. The molecule has 0 heterocycles. The molecule has 2 atom stereocenters. The van der Waals surface area contributed by atoms with E-state index < -0.39 is 12.8 Å². The van der Waals surface area contributed by atoms with Crippen LogP contribution in [0.1, 0.15) is 0 Å². The van der Waals surface area contributed by atoms with E-state index in [2.05, 4.69) is 12.6 Å². The molecule has 0 spiro atoms. The fourth-order valence-electron chi connectivity index (χ4n) is 0.421. The van der Waals surface area contributed by atoms with Gasteiger partial charge in [0.15, 0.2) is 0 Å². The zero-order chi connectivity index (χ0) is 8.69. The van der Waals surface area contributed by atoms with Crippen LogP contribution in [-0.4, -0.2) is 35.5 Å². The zero-order valence-electron chi connectivity index (χ0n) is 5.97. The Kier molecular flexibility index (Phi) is 8.08. The molecule has 0 amide bonds. The van der Waals surface area contributed by atoms with Crippen molar-refractivity contribution >= 4 is 36.0 Å². The molecule has 0 bridgehead atoms. The normalized spacial score (nSPS) is 16.4. The summed E-state index contributed by atoms with van der Waals surface area (Å²) >= 11 is 11.0. The lowest BCUT2D eigenvalue weighted by Crippen LogP contribution is -2.10. The van der Waals surface area contributed by atoms with Gasteiger partial charge in [0.05, 0.1) is 5.38 Å². The molecule has 0 fully saturated rings. The summed E-state index contributed by atoms with van der Waals surface area (Å²) < 4.78 is 23.8. The van der Waals surface area contributed by atoms with Crippen molar-refractivity contribution in [2.45, 2.75) is 11.5 Å². The highest BCUT2D eigenvalue weighted by molar-refractivity contribution is 7.99. The second-order valence-corrected chi connectivity index (χ2v) is 4.13. The average molecular weight is 221 g/mol. The van der Waals surface area contributed by atoms with Crippen LogP contribution in [0, 0.1) is 0 Å². The molecule has 0 aliphatic heterocycles. The van der Waals surface area contributed by atoms with E-state index in [1.807, 2.05) is 0 Å². The van der Waals surface area contributed by atoms with Gasteiger partial charge in [-0.2, -0.15) is 24.4 Å². The first-order chi connectivity index (χ1) is 5.20. The van der Waals surface area contributed by atoms with Gasteiger partial charge in [0.25, 0.3) is 0 Å². The molecule has 0 aromatic carbocycles. The number of rotatable bonds is 6. The Balaban J connectivity index is 3.13. The summed E-state index contributed by atoms with van der Waals surface area (Å²) in [5.41, 5.74) is 0. The van der Waals surface area contributed by atoms with Crippen molar-refractivity contribution in [3.05, 3.63) is 0 Å². The van der Waals surface area contributed by atoms with E-state index in [1.54, 1.807) is 0 Å². The zero-order valence-corrected chi connectivity index (χ0v) is 8.44. The van der Waals surface area contributed by atoms with Gasteiger partial charge < -0.3 is 0 Å². The Bertz CT molecular complexity index is 84.7. The van der Waals surface area contributed by atoms with Gasteiger partial charge >= 0.3 is 0 Å². The lowest BCUT2D eigenvalue weighted by atomic mass is 10.5. The summed E-state index contributed by atoms with van der Waals surface area (Å²) in [6.45, 7) is -0.902. The fraction of sp³-hybridized carbons (Fsp3) is 1.00. The Morgan fingerprint density at radius 3 is 2.55 bits per heavy atom. The third-order valence-corrected chi connectivity index (χ3v) is 3.35. The van der Waals surface area contributed by atoms with Gasteiger partial charge in [0.1, 0.15) is 12.8 Å². The molecule has 0 aliphatic rings. The molecular formula is C6H11ClF2S2. The number of hydrogen-bond acceptors (Lipinski definition) is 2. The van der Waals surface area contributed by atoms with Crippen molar-refractivity contribution in [3.63, 3.8) is 0 Å². The molecule has 68 valence electrons. The van der Waals surface area contributed by atoms with Crippen LogP contribution in [0.25, 0.3) is 0 Å². The van der Waals surface area contributed by atoms with Crippen LogP contribution in [-0.2, 0) is 0 Å². The van der Waals surface area contributed by atoms with E-state index in [0.29, 0.717) is 11.5 Å². The van der Waals surface area contributed by atoms with Crippen molar-refractivity contribution in [2.75, 3.05) is 23.9 Å². The van der Waals surface area contributed by atoms with E-state index in [4.69, 9.17) is 11.6 Å². The maximum absolute atomic E-state index is 12.2. The molecule has 2 unspecified atom stereocenters. The second-order valence-electron chi connectivity index (χ2n) is 2.07. The summed E-state index contributed by atoms with van der Waals surface area (Å²) in [5, 5.41) is -0.0462. The van der Waals surface area contributed by atoms with Crippen molar-refractivity contribution in [1.82, 2.24) is 0 Å². The lowest BCUT2D eigenvalue weighted by molar-refractivity contribution is 0.286. The van der Waals surface area contributed by atoms with Gasteiger partial charge in [-0.3, -0.25) is 0 Å². The van der Waals surface area contributed by atoms with Crippen LogP contribution in [0.5, 0.6) is 0 Å². The van der Waals surface area contributed by atoms with Gasteiger partial charge in [0.2, 0.25) is 0 Å². The standard InChI is InChI=1S/C6H11ClF2S2/c7-5(2-10)3-11-4-6(9)1-8/h5-6,10H,1-4H2. The summed E-state index contributed by atoms with van der Waals surface area (Å²) in [6.07, 6.45) is -1.34. The maximum atomic E-state index is 12.2. The van der Waals surface area contributed by atoms with Gasteiger partial charge in [-0.1, -0.05) is 0 Å². The molecule has 0 aromatic rings. The number of thiol groups is 1. The molecule has 0 rings (SSSR count). The molecule has 0 saturated carbocycles. The van der Waals surface area contributed by atoms with Crippen LogP contribution in [0.2, 0.25) is 0 Å². The predicted octanol–water partition coefficient (Wildman–Crippen LogP) is 2.56. The highest BCUT2D eigenvalue weighted by Gasteiger charge is 2.07. The summed E-state index contributed by atoms with van der Waals surface area (Å²) in [6, 6.07) is 0. The first-order valence-corrected chi connectivity index (χ1v) is 5.45. The Morgan fingerprint density at radius 1 is 1.45 bits per heavy atom. The first-order valence-electron chi connectivity index (χ1n) is 3.23. The molecule has 5 heteroatoms. The van der Waals surface area contributed by atoms with Crippen molar-refractivity contribution < 1.29 is 8.78 Å². The molecule has 0 aliphatic carbocycles. The van der Waals surface area contributed by atoms with E-state index in [0.717, 1.165) is 0 Å². The minimum atomic E-state index is -1.34. The maximum Gasteiger partial charge on any atom is 0.137 e. The molecule has 0 radical (unpaired) electrons. The number of thioether (sulfide) groups is 1. The number of hydrogen-bond donors (Lipinski definition) is 1. The van der Waals surface area contributed by atoms with Crippen LogP contribution in [0.4, 0.5) is 8.78 Å². The molecule has 0 aromatic heterocycles. The van der Waals surface area contributed by atoms with Crippen molar-refractivity contribution in [3.8, 4) is 0 Å². The van der Waals surface area contributed by atoms with Crippen LogP contribution in [0.15, 0.2) is 0 Å². The molecule has 0 nitrogen and oxygen atoms in total. The predicted molar refractivity (Wildman–Crippen MR) is 51.7 cm³/mol. The Hall–Kier alpha value is 0.850. The summed E-state index contributed by atoms with van der Waals surface area (Å²) in [7, 11) is 0. The number of halogens is 3. The lowest BCUT2D eigenvalue weighted by Gasteiger charge is -2.06. The Labute approximate surface area is 80.5 Å². The van der Waals surface area contributed by atoms with Gasteiger partial charge in [-0.05, 0) is 0 Å². The van der Waals surface area contributed by atoms with Gasteiger partial charge in [-0.15, -0.1) is 11.6 Å². The third kappa shape index (κ3) is 7.22. The fourth-order valence-corrected chi connectivity index (χ4v) is 1.85. The Morgan fingerprint density at radius 2 is 2.09 bits per heavy atom. The summed E-state index contributed by atoms with van der Waals surface area (Å²) in [5.74, 6) is 1.39. The highest BCUT2D eigenvalue weighted by atomic mass is 35.5. The minimum absolute atomic E-state index is 0.0462. The second kappa shape index (κ2) is 7.50. The first kappa shape index (κ1) is 11.8.